The van der Waals surface area contributed by atoms with Crippen molar-refractivity contribution >= 4 is 11.6 Å². The summed E-state index contributed by atoms with van der Waals surface area (Å²) in [5.41, 5.74) is 3.15. The lowest BCUT2D eigenvalue weighted by molar-refractivity contribution is 0.0785. The second-order valence-corrected chi connectivity index (χ2v) is 8.51. The van der Waals surface area contributed by atoms with Crippen LogP contribution in [0.15, 0.2) is 54.6 Å². The number of hydrogen-bond acceptors (Lipinski definition) is 3. The summed E-state index contributed by atoms with van der Waals surface area (Å²) in [5.74, 6) is 0.0733. The molecule has 0 atom stereocenters. The summed E-state index contributed by atoms with van der Waals surface area (Å²) in [4.78, 5) is 19.7. The molecular formula is C25H33N3O. The molecule has 2 aliphatic rings. The van der Waals surface area contributed by atoms with Gasteiger partial charge in [0.25, 0.3) is 5.91 Å². The Morgan fingerprint density at radius 3 is 2.21 bits per heavy atom. The minimum absolute atomic E-state index is 0.0733. The molecule has 1 amide bonds. The number of benzene rings is 2. The number of nitrogens with zero attached hydrogens (tertiary/aromatic N) is 3. The van der Waals surface area contributed by atoms with E-state index in [0.29, 0.717) is 6.54 Å². The third-order valence-corrected chi connectivity index (χ3v) is 6.46. The Bertz CT molecular complexity index is 775. The fraction of sp³-hybridized carbons (Fsp3) is 0.480. The molecule has 0 aromatic heterocycles. The SMILES string of the molecule is CN(Cc1ccccc1)C(=O)c1ccc(N2CCC(N3CCCCC3)CC2)cc1. The van der Waals surface area contributed by atoms with Crippen molar-refractivity contribution in [2.45, 2.75) is 44.7 Å². The van der Waals surface area contributed by atoms with Crippen molar-refractivity contribution in [3.8, 4) is 0 Å². The first kappa shape index (κ1) is 20.0. The van der Waals surface area contributed by atoms with Gasteiger partial charge < -0.3 is 14.7 Å². The maximum atomic E-state index is 12.8. The summed E-state index contributed by atoms with van der Waals surface area (Å²) in [6.45, 7) is 5.44. The fourth-order valence-corrected chi connectivity index (χ4v) is 4.74. The molecule has 2 aliphatic heterocycles. The molecule has 2 aromatic rings. The molecule has 0 radical (unpaired) electrons. The number of piperidine rings is 2. The van der Waals surface area contributed by atoms with Gasteiger partial charge in [0.15, 0.2) is 0 Å². The van der Waals surface area contributed by atoms with E-state index in [0.717, 1.165) is 30.3 Å². The van der Waals surface area contributed by atoms with E-state index < -0.39 is 0 Å². The van der Waals surface area contributed by atoms with E-state index in [1.54, 1.807) is 4.90 Å². The van der Waals surface area contributed by atoms with Crippen LogP contribution >= 0.6 is 0 Å². The van der Waals surface area contributed by atoms with E-state index >= 15 is 0 Å². The molecule has 29 heavy (non-hydrogen) atoms. The molecule has 0 saturated carbocycles. The smallest absolute Gasteiger partial charge is 0.253 e. The van der Waals surface area contributed by atoms with E-state index in [9.17, 15) is 4.79 Å². The van der Waals surface area contributed by atoms with Crippen LogP contribution in [0.1, 0.15) is 48.0 Å². The summed E-state index contributed by atoms with van der Waals surface area (Å²) in [7, 11) is 1.87. The number of hydrogen-bond donors (Lipinski definition) is 0. The van der Waals surface area contributed by atoms with Gasteiger partial charge in [-0.2, -0.15) is 0 Å². The summed E-state index contributed by atoms with van der Waals surface area (Å²) in [5, 5.41) is 0. The van der Waals surface area contributed by atoms with Gasteiger partial charge in [0.1, 0.15) is 0 Å². The Balaban J connectivity index is 1.31. The van der Waals surface area contributed by atoms with Crippen molar-refractivity contribution in [3.63, 3.8) is 0 Å². The van der Waals surface area contributed by atoms with Gasteiger partial charge in [-0.3, -0.25) is 4.79 Å². The average Bonchev–Trinajstić information content (AvgIpc) is 2.80. The maximum Gasteiger partial charge on any atom is 0.253 e. The first-order valence-corrected chi connectivity index (χ1v) is 11.1. The predicted octanol–water partition coefficient (Wildman–Crippen LogP) is 4.41. The number of carbonyl (C=O) groups excluding carboxylic acids is 1. The minimum atomic E-state index is 0.0733. The molecule has 0 aliphatic carbocycles. The van der Waals surface area contributed by atoms with Crippen molar-refractivity contribution in [1.29, 1.82) is 0 Å². The van der Waals surface area contributed by atoms with Crippen molar-refractivity contribution in [2.75, 3.05) is 38.1 Å². The van der Waals surface area contributed by atoms with Gasteiger partial charge in [0.2, 0.25) is 0 Å². The van der Waals surface area contributed by atoms with Gasteiger partial charge in [0, 0.05) is 44.0 Å². The molecular weight excluding hydrogens is 358 g/mol. The van der Waals surface area contributed by atoms with Gasteiger partial charge >= 0.3 is 0 Å². The second kappa shape index (κ2) is 9.45. The largest absolute Gasteiger partial charge is 0.371 e. The Morgan fingerprint density at radius 1 is 0.897 bits per heavy atom. The predicted molar refractivity (Wildman–Crippen MR) is 119 cm³/mol. The Kier molecular flexibility index (Phi) is 6.50. The van der Waals surface area contributed by atoms with Crippen LogP contribution in [0, 0.1) is 0 Å². The van der Waals surface area contributed by atoms with Gasteiger partial charge in [-0.05, 0) is 68.6 Å². The number of carbonyl (C=O) groups is 1. The summed E-state index contributed by atoms with van der Waals surface area (Å²) in [6, 6.07) is 19.1. The molecule has 2 saturated heterocycles. The van der Waals surface area contributed by atoms with E-state index in [1.807, 2.05) is 37.4 Å². The molecule has 154 valence electrons. The molecule has 2 heterocycles. The second-order valence-electron chi connectivity index (χ2n) is 8.51. The topological polar surface area (TPSA) is 26.8 Å². The third kappa shape index (κ3) is 4.99. The minimum Gasteiger partial charge on any atom is -0.371 e. The first-order valence-electron chi connectivity index (χ1n) is 11.1. The monoisotopic (exact) mass is 391 g/mol. The zero-order valence-electron chi connectivity index (χ0n) is 17.6. The van der Waals surface area contributed by atoms with Crippen LogP contribution in [0.2, 0.25) is 0 Å². The van der Waals surface area contributed by atoms with Crippen LogP contribution < -0.4 is 4.90 Å². The maximum absolute atomic E-state index is 12.8. The average molecular weight is 392 g/mol. The highest BCUT2D eigenvalue weighted by Crippen LogP contribution is 2.25. The quantitative estimate of drug-likeness (QED) is 0.755. The van der Waals surface area contributed by atoms with Gasteiger partial charge in [-0.25, -0.2) is 0 Å². The molecule has 4 nitrogen and oxygen atoms in total. The van der Waals surface area contributed by atoms with E-state index in [1.165, 1.54) is 50.9 Å². The lowest BCUT2D eigenvalue weighted by Gasteiger charge is -2.41. The highest BCUT2D eigenvalue weighted by atomic mass is 16.2. The van der Waals surface area contributed by atoms with Crippen molar-refractivity contribution in [2.24, 2.45) is 0 Å². The van der Waals surface area contributed by atoms with Crippen molar-refractivity contribution in [3.05, 3.63) is 65.7 Å². The Hall–Kier alpha value is -2.33. The van der Waals surface area contributed by atoms with Crippen LogP contribution in [0.25, 0.3) is 0 Å². The zero-order chi connectivity index (χ0) is 20.1. The third-order valence-electron chi connectivity index (χ3n) is 6.46. The molecule has 2 aromatic carbocycles. The molecule has 4 rings (SSSR count). The first-order chi connectivity index (χ1) is 14.2. The molecule has 0 unspecified atom stereocenters. The zero-order valence-corrected chi connectivity index (χ0v) is 17.6. The molecule has 4 heteroatoms. The molecule has 0 N–H and O–H groups in total. The highest BCUT2D eigenvalue weighted by Gasteiger charge is 2.25. The van der Waals surface area contributed by atoms with E-state index in [4.69, 9.17) is 0 Å². The van der Waals surface area contributed by atoms with Crippen LogP contribution in [0.4, 0.5) is 5.69 Å². The van der Waals surface area contributed by atoms with Gasteiger partial charge in [-0.1, -0.05) is 36.8 Å². The normalized spacial score (nSPS) is 18.6. The summed E-state index contributed by atoms with van der Waals surface area (Å²) >= 11 is 0. The van der Waals surface area contributed by atoms with Gasteiger partial charge in [-0.15, -0.1) is 0 Å². The fourth-order valence-electron chi connectivity index (χ4n) is 4.74. The summed E-state index contributed by atoms with van der Waals surface area (Å²) < 4.78 is 0. The van der Waals surface area contributed by atoms with E-state index in [2.05, 4.69) is 34.1 Å². The Labute approximate surface area is 175 Å². The lowest BCUT2D eigenvalue weighted by Crippen LogP contribution is -2.46. The van der Waals surface area contributed by atoms with Crippen molar-refractivity contribution < 1.29 is 4.79 Å². The number of amides is 1. The van der Waals surface area contributed by atoms with E-state index in [-0.39, 0.29) is 5.91 Å². The number of likely N-dealkylation sites (tertiary alicyclic amines) is 1. The molecule has 2 fully saturated rings. The standard InChI is InChI=1S/C25H33N3O/c1-26(20-21-8-4-2-5-9-21)25(29)22-10-12-23(13-11-22)28-18-14-24(15-19-28)27-16-6-3-7-17-27/h2,4-5,8-13,24H,3,6-7,14-20H2,1H3. The van der Waals surface area contributed by atoms with Crippen LogP contribution in [0.5, 0.6) is 0 Å². The highest BCUT2D eigenvalue weighted by molar-refractivity contribution is 5.94. The summed E-state index contributed by atoms with van der Waals surface area (Å²) in [6.07, 6.45) is 6.64. The lowest BCUT2D eigenvalue weighted by atomic mass is 9.99. The number of anilines is 1. The van der Waals surface area contributed by atoms with Crippen molar-refractivity contribution in [1.82, 2.24) is 9.80 Å². The van der Waals surface area contributed by atoms with Gasteiger partial charge in [0.05, 0.1) is 0 Å². The molecule has 0 spiro atoms. The van der Waals surface area contributed by atoms with Crippen LogP contribution in [0.3, 0.4) is 0 Å². The Morgan fingerprint density at radius 2 is 1.55 bits per heavy atom. The number of rotatable bonds is 5. The molecule has 0 bridgehead atoms. The van der Waals surface area contributed by atoms with Crippen LogP contribution in [-0.4, -0.2) is 55.0 Å². The van der Waals surface area contributed by atoms with Crippen LogP contribution in [-0.2, 0) is 6.54 Å².